The molecule has 0 aliphatic heterocycles. The van der Waals surface area contributed by atoms with Crippen molar-refractivity contribution in [2.75, 3.05) is 12.5 Å². The van der Waals surface area contributed by atoms with Gasteiger partial charge in [0, 0.05) is 61.0 Å². The van der Waals surface area contributed by atoms with Gasteiger partial charge in [0.15, 0.2) is 5.78 Å². The number of amides is 1. The van der Waals surface area contributed by atoms with Gasteiger partial charge in [-0.2, -0.15) is 0 Å². The van der Waals surface area contributed by atoms with Crippen LogP contribution in [-0.2, 0) is 32.2 Å². The second-order valence-electron chi connectivity index (χ2n) is 8.02. The topological polar surface area (TPSA) is 102 Å². The first-order chi connectivity index (χ1) is 16.5. The van der Waals surface area contributed by atoms with Gasteiger partial charge in [0.05, 0.1) is 12.8 Å². The van der Waals surface area contributed by atoms with Gasteiger partial charge >= 0.3 is 0 Å². The molecule has 1 aromatic heterocycles. The lowest BCUT2D eigenvalue weighted by Crippen LogP contribution is -2.32. The van der Waals surface area contributed by atoms with Crippen molar-refractivity contribution >= 4 is 60.6 Å². The quantitative estimate of drug-likeness (QED) is 0.518. The predicted octanol–water partition coefficient (Wildman–Crippen LogP) is 3.82. The molecule has 1 amide bonds. The van der Waals surface area contributed by atoms with Gasteiger partial charge in [-0.3, -0.25) is 13.8 Å². The van der Waals surface area contributed by atoms with Crippen molar-refractivity contribution in [2.45, 2.75) is 17.9 Å². The van der Waals surface area contributed by atoms with Gasteiger partial charge in [0.1, 0.15) is 11.5 Å². The molecule has 0 radical (unpaired) electrons. The van der Waals surface area contributed by atoms with Crippen LogP contribution in [0.25, 0.3) is 16.5 Å². The number of sulfonamides is 1. The Labute approximate surface area is 208 Å². The van der Waals surface area contributed by atoms with Gasteiger partial charge in [-0.15, -0.1) is 0 Å². The molecule has 1 aliphatic rings. The molecule has 4 rings (SSSR count). The van der Waals surface area contributed by atoms with Crippen molar-refractivity contribution in [3.05, 3.63) is 82.3 Å². The number of rotatable bonds is 6. The number of hydrogen-bond acceptors (Lipinski definition) is 5. The van der Waals surface area contributed by atoms with E-state index in [0.29, 0.717) is 20.8 Å². The van der Waals surface area contributed by atoms with Crippen LogP contribution in [0.3, 0.4) is 0 Å². The second-order valence-corrected chi connectivity index (χ2v) is 11.6. The Morgan fingerprint density at radius 3 is 2.63 bits per heavy atom. The van der Waals surface area contributed by atoms with Gasteiger partial charge in [-0.05, 0) is 36.4 Å². The number of nitrogens with one attached hydrogen (secondary N) is 1. The molecule has 182 valence electrons. The highest BCUT2D eigenvalue weighted by Crippen LogP contribution is 2.36. The lowest BCUT2D eigenvalue weighted by molar-refractivity contribution is -0.113. The van der Waals surface area contributed by atoms with Gasteiger partial charge in [-0.25, -0.2) is 17.5 Å². The molecule has 7 nitrogen and oxygen atoms in total. The zero-order valence-corrected chi connectivity index (χ0v) is 21.1. The normalized spacial score (nSPS) is 14.7. The number of ketones is 1. The Hall–Kier alpha value is -3.08. The number of aromatic nitrogens is 1. The molecule has 35 heavy (non-hydrogen) atoms. The Bertz CT molecular complexity index is 1590. The molecule has 3 aromatic rings. The first-order valence-corrected chi connectivity index (χ1v) is 14.1. The van der Waals surface area contributed by atoms with Crippen molar-refractivity contribution in [1.82, 2.24) is 9.29 Å². The molecule has 1 atom stereocenters. The van der Waals surface area contributed by atoms with Crippen LogP contribution in [0.2, 0.25) is 5.02 Å². The molecule has 0 bridgehead atoms. The van der Waals surface area contributed by atoms with E-state index in [9.17, 15) is 26.6 Å². The zero-order valence-electron chi connectivity index (χ0n) is 18.7. The lowest BCUT2D eigenvalue weighted by Gasteiger charge is -2.15. The Kier molecular flexibility index (Phi) is 6.81. The third-order valence-electron chi connectivity index (χ3n) is 5.47. The lowest BCUT2D eigenvalue weighted by atomic mass is 9.93. The number of halogens is 2. The van der Waals surface area contributed by atoms with E-state index in [1.807, 2.05) is 4.72 Å². The number of benzene rings is 2. The maximum atomic E-state index is 14.8. The fourth-order valence-corrected chi connectivity index (χ4v) is 5.18. The van der Waals surface area contributed by atoms with Crippen LogP contribution in [0.4, 0.5) is 4.39 Å². The number of carbonyl (C=O) groups excluding carboxylic acids is 2. The van der Waals surface area contributed by atoms with E-state index >= 15 is 0 Å². The van der Waals surface area contributed by atoms with Crippen LogP contribution >= 0.6 is 11.6 Å². The standard InChI is InChI=1S/C24H20ClFN2O5S2/c1-34(31)16-8-9-19(26)14(11-16)13-28-20-10-7-15(25)12-18(20)22(17-5-3-4-6-21(17)29)23(28)24(30)27-35(2,32)33/h3-5,7-12H,6,13H2,1-2H3,(H,27,30). The van der Waals surface area contributed by atoms with Crippen molar-refractivity contribution in [3.8, 4) is 0 Å². The Morgan fingerprint density at radius 2 is 1.97 bits per heavy atom. The minimum Gasteiger partial charge on any atom is -0.331 e. The smallest absolute Gasteiger partial charge is 0.282 e. The Morgan fingerprint density at radius 1 is 1.23 bits per heavy atom. The third kappa shape index (κ3) is 5.14. The molecule has 0 saturated heterocycles. The third-order valence-corrected chi connectivity index (χ3v) is 7.18. The molecule has 0 spiro atoms. The number of fused-ring (bicyclic) bond motifs is 1. The second kappa shape index (κ2) is 9.52. The predicted molar refractivity (Wildman–Crippen MR) is 134 cm³/mol. The van der Waals surface area contributed by atoms with Gasteiger partial charge < -0.3 is 4.57 Å². The van der Waals surface area contributed by atoms with Gasteiger partial charge in [0.2, 0.25) is 10.0 Å². The first-order valence-electron chi connectivity index (χ1n) is 10.3. The Balaban J connectivity index is 2.06. The summed E-state index contributed by atoms with van der Waals surface area (Å²) in [4.78, 5) is 26.5. The summed E-state index contributed by atoms with van der Waals surface area (Å²) in [5.74, 6) is -1.84. The summed E-state index contributed by atoms with van der Waals surface area (Å²) in [7, 11) is -5.35. The summed E-state index contributed by atoms with van der Waals surface area (Å²) in [5, 5.41) is 0.765. The van der Waals surface area contributed by atoms with Crippen LogP contribution in [0, 0.1) is 5.82 Å². The summed E-state index contributed by atoms with van der Waals surface area (Å²) < 4.78 is 54.0. The molecule has 1 N–H and O–H groups in total. The summed E-state index contributed by atoms with van der Waals surface area (Å²) >= 11 is 6.24. The molecule has 0 fully saturated rings. The van der Waals surface area contributed by atoms with Crippen LogP contribution in [-0.4, -0.2) is 41.4 Å². The number of carbonyl (C=O) groups is 2. The van der Waals surface area contributed by atoms with E-state index in [4.69, 9.17) is 11.6 Å². The van der Waals surface area contributed by atoms with E-state index in [2.05, 4.69) is 0 Å². The fourth-order valence-electron chi connectivity index (χ4n) is 4.00. The molecule has 2 aromatic carbocycles. The highest BCUT2D eigenvalue weighted by molar-refractivity contribution is 7.89. The van der Waals surface area contributed by atoms with E-state index in [0.717, 1.165) is 6.26 Å². The average molecular weight is 535 g/mol. The van der Waals surface area contributed by atoms with Crippen molar-refractivity contribution < 1.29 is 26.6 Å². The molecule has 0 saturated carbocycles. The molecule has 1 aliphatic carbocycles. The molecule has 1 unspecified atom stereocenters. The van der Waals surface area contributed by atoms with Gasteiger partial charge in [0.25, 0.3) is 5.91 Å². The molecular formula is C24H20ClFN2O5S2. The zero-order chi connectivity index (χ0) is 25.5. The maximum absolute atomic E-state index is 14.8. The fraction of sp³-hybridized carbons (Fsp3) is 0.167. The van der Waals surface area contributed by atoms with E-state index < -0.39 is 32.5 Å². The minimum atomic E-state index is -3.97. The highest BCUT2D eigenvalue weighted by atomic mass is 35.5. The number of allylic oxidation sites excluding steroid dienone is 4. The number of Topliss-reactive ketones (excluding diaryl/α,β-unsaturated/α-hetero) is 1. The van der Waals surface area contributed by atoms with E-state index in [1.54, 1.807) is 36.4 Å². The number of hydrogen-bond donors (Lipinski definition) is 1. The average Bonchev–Trinajstić information content (AvgIpc) is 3.07. The molecule has 1 heterocycles. The van der Waals surface area contributed by atoms with Crippen LogP contribution in [0.5, 0.6) is 0 Å². The van der Waals surface area contributed by atoms with Crippen LogP contribution in [0.1, 0.15) is 28.0 Å². The van der Waals surface area contributed by atoms with Gasteiger partial charge in [-0.1, -0.05) is 29.8 Å². The van der Waals surface area contributed by atoms with Crippen molar-refractivity contribution in [3.63, 3.8) is 0 Å². The van der Waals surface area contributed by atoms with Crippen LogP contribution in [0.15, 0.2) is 59.5 Å². The highest BCUT2D eigenvalue weighted by Gasteiger charge is 2.30. The first kappa shape index (κ1) is 25.0. The minimum absolute atomic E-state index is 0.102. The monoisotopic (exact) mass is 534 g/mol. The summed E-state index contributed by atoms with van der Waals surface area (Å²) in [6, 6.07) is 8.78. The largest absolute Gasteiger partial charge is 0.331 e. The van der Waals surface area contributed by atoms with Crippen LogP contribution < -0.4 is 4.72 Å². The molecular weight excluding hydrogens is 515 g/mol. The van der Waals surface area contributed by atoms with Crippen molar-refractivity contribution in [2.24, 2.45) is 0 Å². The summed E-state index contributed by atoms with van der Waals surface area (Å²) in [5.41, 5.74) is 0.849. The van der Waals surface area contributed by atoms with E-state index in [1.165, 1.54) is 29.0 Å². The molecule has 11 heteroatoms. The summed E-state index contributed by atoms with van der Waals surface area (Å²) in [6.45, 7) is -0.196. The maximum Gasteiger partial charge on any atom is 0.282 e. The SMILES string of the molecule is CS(=O)c1ccc(F)c(Cn2c(C(=O)NS(C)(=O)=O)c(C3=CC=CCC3=O)c3cc(Cl)ccc32)c1. The number of nitrogens with zero attached hydrogens (tertiary/aromatic N) is 1. The summed E-state index contributed by atoms with van der Waals surface area (Å²) in [6.07, 6.45) is 7.28. The van der Waals surface area contributed by atoms with Crippen molar-refractivity contribution in [1.29, 1.82) is 0 Å². The van der Waals surface area contributed by atoms with E-state index in [-0.39, 0.29) is 41.1 Å².